The van der Waals surface area contributed by atoms with Crippen LogP contribution in [-0.2, 0) is 4.74 Å². The van der Waals surface area contributed by atoms with Gasteiger partial charge in [-0.1, -0.05) is 0 Å². The van der Waals surface area contributed by atoms with E-state index in [1.807, 2.05) is 0 Å². The van der Waals surface area contributed by atoms with Crippen molar-refractivity contribution in [2.75, 3.05) is 13.1 Å². The van der Waals surface area contributed by atoms with E-state index in [-0.39, 0.29) is 0 Å². The summed E-state index contributed by atoms with van der Waals surface area (Å²) in [6, 6.07) is 0. The van der Waals surface area contributed by atoms with E-state index < -0.39 is 22.9 Å². The van der Waals surface area contributed by atoms with E-state index in [1.54, 1.807) is 20.8 Å². The van der Waals surface area contributed by atoms with Crippen molar-refractivity contribution in [3.8, 4) is 0 Å². The summed E-state index contributed by atoms with van der Waals surface area (Å²) in [4.78, 5) is 11.6. The molecule has 0 spiro atoms. The van der Waals surface area contributed by atoms with Crippen LogP contribution in [0.4, 0.5) is 9.18 Å². The fraction of sp³-hybridized carbons (Fsp3) is 0.909. The number of fused-ring (bicyclic) bond motifs is 1. The van der Waals surface area contributed by atoms with Crippen LogP contribution in [0.2, 0.25) is 0 Å². The highest BCUT2D eigenvalue weighted by atomic mass is 19.1. The van der Waals surface area contributed by atoms with E-state index in [2.05, 4.69) is 10.6 Å². The highest BCUT2D eigenvalue weighted by molar-refractivity contribution is 5.69. The first-order chi connectivity index (χ1) is 7.27. The zero-order valence-electron chi connectivity index (χ0n) is 10.0. The Kier molecular flexibility index (Phi) is 2.42. The predicted molar refractivity (Wildman–Crippen MR) is 58.0 cm³/mol. The molecule has 2 rings (SSSR count). The number of alkyl carbamates (subject to hydrolysis) is 1. The number of amides is 1. The molecule has 1 amide bonds. The molecule has 1 aliphatic carbocycles. The van der Waals surface area contributed by atoms with Gasteiger partial charge in [0.25, 0.3) is 0 Å². The lowest BCUT2D eigenvalue weighted by Gasteiger charge is -2.49. The van der Waals surface area contributed by atoms with E-state index in [9.17, 15) is 9.18 Å². The Hall–Kier alpha value is -0.840. The molecule has 0 bridgehead atoms. The second kappa shape index (κ2) is 3.32. The summed E-state index contributed by atoms with van der Waals surface area (Å²) in [5, 5.41) is 5.68. The maximum absolute atomic E-state index is 14.2. The lowest BCUT2D eigenvalue weighted by molar-refractivity contribution is -0.0301. The SMILES string of the molecule is CC(C)(C)OC(=O)N[C@@]12CC[C@@]1(F)CNC2. The normalized spacial score (nSPS) is 37.5. The average Bonchev–Trinajstić information content (AvgIpc) is 2.28. The molecular formula is C11H19FN2O2. The molecule has 0 aromatic rings. The number of ether oxygens (including phenoxy) is 1. The molecule has 2 atom stereocenters. The number of hydrogen-bond acceptors (Lipinski definition) is 3. The third-order valence-corrected chi connectivity index (χ3v) is 3.38. The Bertz CT molecular complexity index is 316. The van der Waals surface area contributed by atoms with Crippen LogP contribution < -0.4 is 10.6 Å². The molecule has 2 N–H and O–H groups in total. The Morgan fingerprint density at radius 2 is 2.06 bits per heavy atom. The third-order valence-electron chi connectivity index (χ3n) is 3.38. The molecule has 16 heavy (non-hydrogen) atoms. The summed E-state index contributed by atoms with van der Waals surface area (Å²) in [5.41, 5.74) is -2.57. The summed E-state index contributed by atoms with van der Waals surface area (Å²) < 4.78 is 19.4. The van der Waals surface area contributed by atoms with Crippen LogP contribution in [0, 0.1) is 0 Å². The molecule has 1 saturated carbocycles. The largest absolute Gasteiger partial charge is 0.444 e. The fourth-order valence-electron chi connectivity index (χ4n) is 2.39. The van der Waals surface area contributed by atoms with Gasteiger partial charge in [-0.2, -0.15) is 0 Å². The van der Waals surface area contributed by atoms with Crippen molar-refractivity contribution in [2.45, 2.75) is 50.4 Å². The second-order valence-electron chi connectivity index (χ2n) is 5.78. The molecule has 1 saturated heterocycles. The van der Waals surface area contributed by atoms with Crippen LogP contribution in [0.3, 0.4) is 0 Å². The quantitative estimate of drug-likeness (QED) is 0.715. The minimum absolute atomic E-state index is 0.322. The van der Waals surface area contributed by atoms with Gasteiger partial charge in [-0.15, -0.1) is 0 Å². The van der Waals surface area contributed by atoms with Crippen molar-refractivity contribution in [3.63, 3.8) is 0 Å². The van der Waals surface area contributed by atoms with Gasteiger partial charge in [0.1, 0.15) is 11.3 Å². The molecule has 0 aromatic heterocycles. The zero-order valence-corrected chi connectivity index (χ0v) is 10.0. The molecule has 2 fully saturated rings. The first-order valence-corrected chi connectivity index (χ1v) is 5.67. The molecule has 5 heteroatoms. The van der Waals surface area contributed by atoms with Crippen molar-refractivity contribution in [2.24, 2.45) is 0 Å². The molecule has 1 aliphatic heterocycles. The van der Waals surface area contributed by atoms with Crippen LogP contribution in [0.15, 0.2) is 0 Å². The number of carbonyl (C=O) groups is 1. The van der Waals surface area contributed by atoms with Gasteiger partial charge in [-0.05, 0) is 33.6 Å². The van der Waals surface area contributed by atoms with E-state index >= 15 is 0 Å². The lowest BCUT2D eigenvalue weighted by atomic mass is 9.66. The summed E-state index contributed by atoms with van der Waals surface area (Å²) in [5.74, 6) is 0. The highest BCUT2D eigenvalue weighted by Crippen LogP contribution is 2.48. The van der Waals surface area contributed by atoms with Crippen molar-refractivity contribution >= 4 is 6.09 Å². The van der Waals surface area contributed by atoms with E-state index in [0.29, 0.717) is 25.9 Å². The Labute approximate surface area is 94.9 Å². The van der Waals surface area contributed by atoms with Crippen molar-refractivity contribution in [1.29, 1.82) is 0 Å². The maximum Gasteiger partial charge on any atom is 0.408 e. The van der Waals surface area contributed by atoms with Crippen LogP contribution in [0.1, 0.15) is 33.6 Å². The second-order valence-corrected chi connectivity index (χ2v) is 5.78. The summed E-state index contributed by atoms with van der Waals surface area (Å²) in [7, 11) is 0. The van der Waals surface area contributed by atoms with E-state index in [1.165, 1.54) is 0 Å². The Morgan fingerprint density at radius 3 is 2.50 bits per heavy atom. The van der Waals surface area contributed by atoms with Crippen LogP contribution in [-0.4, -0.2) is 36.0 Å². The first-order valence-electron chi connectivity index (χ1n) is 5.67. The van der Waals surface area contributed by atoms with Crippen LogP contribution >= 0.6 is 0 Å². The number of carbonyl (C=O) groups excluding carboxylic acids is 1. The van der Waals surface area contributed by atoms with Gasteiger partial charge in [0.05, 0.1) is 5.54 Å². The zero-order chi connectivity index (χ0) is 12.0. The topological polar surface area (TPSA) is 50.4 Å². The smallest absolute Gasteiger partial charge is 0.408 e. The number of nitrogens with one attached hydrogen (secondary N) is 2. The third kappa shape index (κ3) is 1.77. The summed E-state index contributed by atoms with van der Waals surface area (Å²) in [6.07, 6.45) is 0.656. The standard InChI is InChI=1S/C11H19FN2O2/c1-9(2,3)16-8(15)14-11-5-4-10(11,12)6-13-7-11/h13H,4-7H2,1-3H3,(H,14,15)/t10-,11-/m1/s1. The van der Waals surface area contributed by atoms with Gasteiger partial charge in [0.2, 0.25) is 0 Å². The maximum atomic E-state index is 14.2. The Morgan fingerprint density at radius 1 is 1.38 bits per heavy atom. The molecule has 0 aromatic carbocycles. The fourth-order valence-corrected chi connectivity index (χ4v) is 2.39. The molecular weight excluding hydrogens is 211 g/mol. The minimum Gasteiger partial charge on any atom is -0.444 e. The summed E-state index contributed by atoms with van der Waals surface area (Å²) >= 11 is 0. The number of alkyl halides is 1. The highest BCUT2D eigenvalue weighted by Gasteiger charge is 2.64. The van der Waals surface area contributed by atoms with Gasteiger partial charge in [0, 0.05) is 13.1 Å². The van der Waals surface area contributed by atoms with Gasteiger partial charge in [-0.3, -0.25) is 0 Å². The lowest BCUT2D eigenvalue weighted by Crippen LogP contribution is -2.69. The number of hydrogen-bond donors (Lipinski definition) is 2. The van der Waals surface area contributed by atoms with Crippen LogP contribution in [0.25, 0.3) is 0 Å². The number of rotatable bonds is 1. The summed E-state index contributed by atoms with van der Waals surface area (Å²) in [6.45, 7) is 6.19. The molecule has 0 radical (unpaired) electrons. The minimum atomic E-state index is -1.29. The average molecular weight is 230 g/mol. The van der Waals surface area contributed by atoms with Gasteiger partial charge < -0.3 is 15.4 Å². The number of halogens is 1. The first kappa shape index (κ1) is 11.6. The van der Waals surface area contributed by atoms with Crippen LogP contribution in [0.5, 0.6) is 0 Å². The molecule has 92 valence electrons. The Balaban J connectivity index is 1.98. The monoisotopic (exact) mass is 230 g/mol. The van der Waals surface area contributed by atoms with Crippen molar-refractivity contribution in [1.82, 2.24) is 10.6 Å². The van der Waals surface area contributed by atoms with Gasteiger partial charge >= 0.3 is 6.09 Å². The van der Waals surface area contributed by atoms with Crippen molar-refractivity contribution in [3.05, 3.63) is 0 Å². The molecule has 0 unspecified atom stereocenters. The van der Waals surface area contributed by atoms with Crippen molar-refractivity contribution < 1.29 is 13.9 Å². The van der Waals surface area contributed by atoms with Gasteiger partial charge in [0.15, 0.2) is 0 Å². The van der Waals surface area contributed by atoms with Gasteiger partial charge in [-0.25, -0.2) is 9.18 Å². The molecule has 2 aliphatic rings. The molecule has 1 heterocycles. The molecule has 4 nitrogen and oxygen atoms in total. The van der Waals surface area contributed by atoms with E-state index in [0.717, 1.165) is 0 Å². The van der Waals surface area contributed by atoms with E-state index in [4.69, 9.17) is 4.74 Å². The predicted octanol–water partition coefficient (Wildman–Crippen LogP) is 1.36.